The molecule has 1 aromatic rings. The van der Waals surface area contributed by atoms with Gasteiger partial charge in [0.05, 0.1) is 12.3 Å². The number of furan rings is 1. The Morgan fingerprint density at radius 1 is 1.50 bits per heavy atom. The largest absolute Gasteiger partial charge is 0.467 e. The first-order valence-electron chi connectivity index (χ1n) is 4.75. The van der Waals surface area contributed by atoms with Crippen LogP contribution in [0.15, 0.2) is 22.8 Å². The van der Waals surface area contributed by atoms with Crippen LogP contribution in [0.1, 0.15) is 39.5 Å². The Morgan fingerprint density at radius 3 is 2.57 bits per heavy atom. The smallest absolute Gasteiger partial charge is 0.225 e. The van der Waals surface area contributed by atoms with Gasteiger partial charge in [-0.15, -0.1) is 0 Å². The number of hydrogen-bond donors (Lipinski definition) is 1. The zero-order valence-corrected chi connectivity index (χ0v) is 9.13. The second kappa shape index (κ2) is 3.86. The first-order chi connectivity index (χ1) is 6.41. The molecule has 0 radical (unpaired) electrons. The SMILES string of the molecule is C[C@H](NC(=O)C(C)(C)C)c1ccco1. The van der Waals surface area contributed by atoms with Crippen LogP contribution in [0.5, 0.6) is 0 Å². The summed E-state index contributed by atoms with van der Waals surface area (Å²) in [4.78, 5) is 11.6. The van der Waals surface area contributed by atoms with E-state index in [1.165, 1.54) is 0 Å². The highest BCUT2D eigenvalue weighted by Gasteiger charge is 2.23. The minimum absolute atomic E-state index is 0.0291. The van der Waals surface area contributed by atoms with Crippen LogP contribution in [0.2, 0.25) is 0 Å². The molecular formula is C11H17NO2. The Morgan fingerprint density at radius 2 is 2.14 bits per heavy atom. The van der Waals surface area contributed by atoms with Crippen molar-refractivity contribution in [1.29, 1.82) is 0 Å². The van der Waals surface area contributed by atoms with E-state index in [0.717, 1.165) is 5.76 Å². The molecule has 0 bridgehead atoms. The van der Waals surface area contributed by atoms with E-state index in [1.54, 1.807) is 6.26 Å². The van der Waals surface area contributed by atoms with Crippen LogP contribution < -0.4 is 5.32 Å². The van der Waals surface area contributed by atoms with E-state index in [0.29, 0.717) is 0 Å². The molecule has 0 fully saturated rings. The molecule has 1 aromatic heterocycles. The van der Waals surface area contributed by atoms with Crippen molar-refractivity contribution >= 4 is 5.91 Å². The minimum atomic E-state index is -0.360. The van der Waals surface area contributed by atoms with E-state index >= 15 is 0 Å². The quantitative estimate of drug-likeness (QED) is 0.787. The third-order valence-electron chi connectivity index (χ3n) is 2.00. The highest BCUT2D eigenvalue weighted by atomic mass is 16.3. The summed E-state index contributed by atoms with van der Waals surface area (Å²) < 4.78 is 5.19. The molecule has 1 amide bonds. The monoisotopic (exact) mass is 195 g/mol. The van der Waals surface area contributed by atoms with Crippen molar-refractivity contribution < 1.29 is 9.21 Å². The number of amides is 1. The van der Waals surface area contributed by atoms with Gasteiger partial charge in [-0.25, -0.2) is 0 Å². The highest BCUT2D eigenvalue weighted by Crippen LogP contribution is 2.17. The Bertz CT molecular complexity index is 296. The number of rotatable bonds is 2. The molecule has 3 heteroatoms. The maximum atomic E-state index is 11.6. The fraction of sp³-hybridized carbons (Fsp3) is 0.545. The molecule has 0 aliphatic heterocycles. The normalized spacial score (nSPS) is 13.7. The number of carbonyl (C=O) groups excluding carboxylic acids is 1. The lowest BCUT2D eigenvalue weighted by Gasteiger charge is -2.20. The lowest BCUT2D eigenvalue weighted by molar-refractivity contribution is -0.129. The van der Waals surface area contributed by atoms with Crippen molar-refractivity contribution in [1.82, 2.24) is 5.32 Å². The predicted octanol–water partition coefficient (Wildman–Crippen LogP) is 2.50. The van der Waals surface area contributed by atoms with Crippen LogP contribution in [-0.4, -0.2) is 5.91 Å². The van der Waals surface area contributed by atoms with Crippen molar-refractivity contribution in [2.24, 2.45) is 5.41 Å². The first-order valence-corrected chi connectivity index (χ1v) is 4.75. The van der Waals surface area contributed by atoms with Crippen LogP contribution in [-0.2, 0) is 4.79 Å². The topological polar surface area (TPSA) is 42.2 Å². The maximum absolute atomic E-state index is 11.6. The molecule has 0 saturated carbocycles. The van der Waals surface area contributed by atoms with E-state index in [9.17, 15) is 4.79 Å². The summed E-state index contributed by atoms with van der Waals surface area (Å²) in [6, 6.07) is 3.60. The molecule has 0 aromatic carbocycles. The molecule has 0 aliphatic carbocycles. The Hall–Kier alpha value is -1.25. The van der Waals surface area contributed by atoms with Crippen LogP contribution in [0.25, 0.3) is 0 Å². The van der Waals surface area contributed by atoms with Crippen molar-refractivity contribution in [2.45, 2.75) is 33.7 Å². The molecule has 0 spiro atoms. The third kappa shape index (κ3) is 2.62. The van der Waals surface area contributed by atoms with Crippen LogP contribution >= 0.6 is 0 Å². The summed E-state index contributed by atoms with van der Waals surface area (Å²) in [6.45, 7) is 7.56. The predicted molar refractivity (Wildman–Crippen MR) is 54.7 cm³/mol. The average Bonchev–Trinajstić information content (AvgIpc) is 2.53. The van der Waals surface area contributed by atoms with Crippen LogP contribution in [0.3, 0.4) is 0 Å². The molecule has 0 unspecified atom stereocenters. The van der Waals surface area contributed by atoms with Gasteiger partial charge < -0.3 is 9.73 Å². The van der Waals surface area contributed by atoms with E-state index in [2.05, 4.69) is 5.32 Å². The van der Waals surface area contributed by atoms with E-state index in [-0.39, 0.29) is 17.4 Å². The fourth-order valence-corrected chi connectivity index (χ4v) is 1.02. The average molecular weight is 195 g/mol. The van der Waals surface area contributed by atoms with Gasteiger partial charge in [0, 0.05) is 5.41 Å². The second-order valence-corrected chi connectivity index (χ2v) is 4.46. The summed E-state index contributed by atoms with van der Waals surface area (Å²) in [7, 11) is 0. The van der Waals surface area contributed by atoms with Gasteiger partial charge in [0.2, 0.25) is 5.91 Å². The molecule has 1 rings (SSSR count). The van der Waals surface area contributed by atoms with Crippen molar-refractivity contribution in [2.75, 3.05) is 0 Å². The van der Waals surface area contributed by atoms with Crippen LogP contribution in [0.4, 0.5) is 0 Å². The highest BCUT2D eigenvalue weighted by molar-refractivity contribution is 5.81. The molecule has 14 heavy (non-hydrogen) atoms. The molecule has 1 heterocycles. The van der Waals surface area contributed by atoms with Crippen molar-refractivity contribution in [3.05, 3.63) is 24.2 Å². The summed E-state index contributed by atoms with van der Waals surface area (Å²) in [6.07, 6.45) is 1.61. The van der Waals surface area contributed by atoms with E-state index in [1.807, 2.05) is 39.8 Å². The summed E-state index contributed by atoms with van der Waals surface area (Å²) in [5, 5.41) is 2.89. The van der Waals surface area contributed by atoms with Gasteiger partial charge in [0.1, 0.15) is 5.76 Å². The lowest BCUT2D eigenvalue weighted by Crippen LogP contribution is -2.36. The zero-order valence-electron chi connectivity index (χ0n) is 9.13. The maximum Gasteiger partial charge on any atom is 0.225 e. The first kappa shape index (κ1) is 10.8. The van der Waals surface area contributed by atoms with E-state index < -0.39 is 0 Å². The van der Waals surface area contributed by atoms with E-state index in [4.69, 9.17) is 4.42 Å². The summed E-state index contributed by atoms with van der Waals surface area (Å²) >= 11 is 0. The summed E-state index contributed by atoms with van der Waals surface area (Å²) in [5.41, 5.74) is -0.360. The van der Waals surface area contributed by atoms with Gasteiger partial charge in [-0.1, -0.05) is 20.8 Å². The standard InChI is InChI=1S/C11H17NO2/c1-8(9-6-5-7-14-9)12-10(13)11(2,3)4/h5-8H,1-4H3,(H,12,13)/t8-/m0/s1. The molecule has 1 atom stereocenters. The molecule has 0 saturated heterocycles. The molecule has 3 nitrogen and oxygen atoms in total. The van der Waals surface area contributed by atoms with Gasteiger partial charge >= 0.3 is 0 Å². The lowest BCUT2D eigenvalue weighted by atomic mass is 9.95. The minimum Gasteiger partial charge on any atom is -0.467 e. The Labute approximate surface area is 84.5 Å². The van der Waals surface area contributed by atoms with Crippen LogP contribution in [0, 0.1) is 5.41 Å². The van der Waals surface area contributed by atoms with Gasteiger partial charge in [0.25, 0.3) is 0 Å². The number of nitrogens with one attached hydrogen (secondary N) is 1. The summed E-state index contributed by atoms with van der Waals surface area (Å²) in [5.74, 6) is 0.809. The number of hydrogen-bond acceptors (Lipinski definition) is 2. The molecule has 0 aliphatic rings. The van der Waals surface area contributed by atoms with Gasteiger partial charge in [-0.2, -0.15) is 0 Å². The second-order valence-electron chi connectivity index (χ2n) is 4.46. The molecule has 78 valence electrons. The van der Waals surface area contributed by atoms with Crippen molar-refractivity contribution in [3.8, 4) is 0 Å². The van der Waals surface area contributed by atoms with Gasteiger partial charge in [0.15, 0.2) is 0 Å². The Balaban J connectivity index is 2.58. The number of carbonyl (C=O) groups is 1. The Kier molecular flexibility index (Phi) is 2.99. The van der Waals surface area contributed by atoms with Gasteiger partial charge in [-0.3, -0.25) is 4.79 Å². The van der Waals surface area contributed by atoms with Gasteiger partial charge in [-0.05, 0) is 19.1 Å². The molecular weight excluding hydrogens is 178 g/mol. The fourth-order valence-electron chi connectivity index (χ4n) is 1.02. The van der Waals surface area contributed by atoms with Crippen molar-refractivity contribution in [3.63, 3.8) is 0 Å². The zero-order chi connectivity index (χ0) is 10.8. The molecule has 1 N–H and O–H groups in total. The third-order valence-corrected chi connectivity index (χ3v) is 2.00.